The molecule has 0 bridgehead atoms. The van der Waals surface area contributed by atoms with Crippen LogP contribution in [0.3, 0.4) is 0 Å². The van der Waals surface area contributed by atoms with E-state index in [9.17, 15) is 4.79 Å². The van der Waals surface area contributed by atoms with Crippen LogP contribution in [-0.4, -0.2) is 39.3 Å². The van der Waals surface area contributed by atoms with E-state index >= 15 is 0 Å². The molecule has 2 heterocycles. The summed E-state index contributed by atoms with van der Waals surface area (Å²) in [6.45, 7) is 2.65. The summed E-state index contributed by atoms with van der Waals surface area (Å²) in [6.07, 6.45) is 1.02. The van der Waals surface area contributed by atoms with Crippen molar-refractivity contribution >= 4 is 5.97 Å². The number of rotatable bonds is 2. The van der Waals surface area contributed by atoms with Gasteiger partial charge in [0.15, 0.2) is 0 Å². The fourth-order valence-corrected chi connectivity index (χ4v) is 1.92. The van der Waals surface area contributed by atoms with Gasteiger partial charge in [0, 0.05) is 19.6 Å². The minimum Gasteiger partial charge on any atom is -0.480 e. The van der Waals surface area contributed by atoms with Gasteiger partial charge < -0.3 is 15.7 Å². The molecule has 0 fully saturated rings. The predicted molar refractivity (Wildman–Crippen MR) is 57.7 cm³/mol. The molecule has 88 valence electrons. The van der Waals surface area contributed by atoms with E-state index in [0.29, 0.717) is 5.69 Å². The van der Waals surface area contributed by atoms with Gasteiger partial charge in [0.1, 0.15) is 6.04 Å². The Morgan fingerprint density at radius 1 is 1.62 bits per heavy atom. The van der Waals surface area contributed by atoms with Gasteiger partial charge in [0.2, 0.25) is 0 Å². The van der Waals surface area contributed by atoms with Crippen LogP contribution in [0.5, 0.6) is 0 Å². The number of carbonyl (C=O) groups is 1. The Labute approximate surface area is 93.6 Å². The molecule has 0 radical (unpaired) electrons. The molecule has 0 saturated carbocycles. The molecule has 1 atom stereocenters. The molecule has 3 N–H and O–H groups in total. The first-order valence-electron chi connectivity index (χ1n) is 5.31. The monoisotopic (exact) mass is 224 g/mol. The summed E-state index contributed by atoms with van der Waals surface area (Å²) in [7, 11) is 2.04. The number of carboxylic acids is 1. The van der Waals surface area contributed by atoms with Crippen molar-refractivity contribution in [3.05, 3.63) is 17.5 Å². The van der Waals surface area contributed by atoms with Crippen LogP contribution in [0.4, 0.5) is 0 Å². The lowest BCUT2D eigenvalue weighted by Crippen LogP contribution is -2.21. The highest BCUT2D eigenvalue weighted by atomic mass is 16.4. The molecule has 6 nitrogen and oxygen atoms in total. The molecule has 16 heavy (non-hydrogen) atoms. The van der Waals surface area contributed by atoms with Crippen LogP contribution in [0.1, 0.15) is 23.9 Å². The fraction of sp³-hybridized carbons (Fsp3) is 0.600. The third-order valence-corrected chi connectivity index (χ3v) is 2.81. The second-order valence-electron chi connectivity index (χ2n) is 4.19. The van der Waals surface area contributed by atoms with E-state index in [1.807, 2.05) is 11.7 Å². The van der Waals surface area contributed by atoms with E-state index in [4.69, 9.17) is 10.8 Å². The van der Waals surface area contributed by atoms with Crippen molar-refractivity contribution in [1.29, 1.82) is 0 Å². The van der Waals surface area contributed by atoms with Gasteiger partial charge in [-0.3, -0.25) is 9.48 Å². The molecular formula is C10H16N4O2. The van der Waals surface area contributed by atoms with Crippen LogP contribution in [0.25, 0.3) is 0 Å². The molecule has 1 aromatic rings. The molecule has 0 aliphatic carbocycles. The zero-order valence-electron chi connectivity index (χ0n) is 9.26. The first-order chi connectivity index (χ1) is 7.58. The van der Waals surface area contributed by atoms with Gasteiger partial charge >= 0.3 is 5.97 Å². The number of nitrogens with two attached hydrogens (primary N) is 1. The molecule has 1 aliphatic rings. The van der Waals surface area contributed by atoms with Gasteiger partial charge in [-0.1, -0.05) is 0 Å². The van der Waals surface area contributed by atoms with Crippen LogP contribution >= 0.6 is 0 Å². The number of aliphatic carboxylic acids is 1. The third kappa shape index (κ3) is 2.07. The number of aromatic nitrogens is 2. The van der Waals surface area contributed by atoms with Crippen LogP contribution in [0.15, 0.2) is 6.07 Å². The Bertz CT molecular complexity index is 402. The summed E-state index contributed by atoms with van der Waals surface area (Å²) >= 11 is 0. The van der Waals surface area contributed by atoms with Crippen molar-refractivity contribution in [3.63, 3.8) is 0 Å². The third-order valence-electron chi connectivity index (χ3n) is 2.81. The average Bonchev–Trinajstić information content (AvgIpc) is 2.52. The van der Waals surface area contributed by atoms with Crippen molar-refractivity contribution in [3.8, 4) is 0 Å². The number of nitrogens with zero attached hydrogens (tertiary/aromatic N) is 3. The van der Waals surface area contributed by atoms with E-state index in [-0.39, 0.29) is 0 Å². The molecule has 1 aromatic heterocycles. The molecule has 0 spiro atoms. The Kier molecular flexibility index (Phi) is 2.93. The van der Waals surface area contributed by atoms with Crippen LogP contribution in [0.2, 0.25) is 0 Å². The molecule has 2 rings (SSSR count). The highest BCUT2D eigenvalue weighted by Crippen LogP contribution is 2.16. The topological polar surface area (TPSA) is 84.4 Å². The quantitative estimate of drug-likeness (QED) is 0.727. The van der Waals surface area contributed by atoms with Crippen molar-refractivity contribution in [2.24, 2.45) is 5.73 Å². The Balaban J connectivity index is 2.26. The maximum absolute atomic E-state index is 10.8. The van der Waals surface area contributed by atoms with Crippen molar-refractivity contribution < 1.29 is 9.90 Å². The van der Waals surface area contributed by atoms with Gasteiger partial charge in [-0.15, -0.1) is 0 Å². The number of carboxylic acid groups (broad SMARTS) is 1. The summed E-state index contributed by atoms with van der Waals surface area (Å²) in [5, 5.41) is 13.1. The molecule has 0 amide bonds. The second-order valence-corrected chi connectivity index (χ2v) is 4.19. The largest absolute Gasteiger partial charge is 0.480 e. The minimum absolute atomic E-state index is 0.442. The van der Waals surface area contributed by atoms with Gasteiger partial charge in [-0.2, -0.15) is 5.10 Å². The lowest BCUT2D eigenvalue weighted by atomic mass is 10.2. The first-order valence-corrected chi connectivity index (χ1v) is 5.31. The Morgan fingerprint density at radius 3 is 3.06 bits per heavy atom. The van der Waals surface area contributed by atoms with Gasteiger partial charge in [0.05, 0.1) is 11.4 Å². The Morgan fingerprint density at radius 2 is 2.38 bits per heavy atom. The molecular weight excluding hydrogens is 208 g/mol. The Hall–Kier alpha value is -1.40. The minimum atomic E-state index is -1.04. The second kappa shape index (κ2) is 4.23. The summed E-state index contributed by atoms with van der Waals surface area (Å²) in [5.41, 5.74) is 7.01. The van der Waals surface area contributed by atoms with E-state index < -0.39 is 12.0 Å². The van der Waals surface area contributed by atoms with Crippen molar-refractivity contribution in [1.82, 2.24) is 14.7 Å². The van der Waals surface area contributed by atoms with Gasteiger partial charge in [0.25, 0.3) is 0 Å². The van der Waals surface area contributed by atoms with Crippen LogP contribution < -0.4 is 5.73 Å². The zero-order valence-corrected chi connectivity index (χ0v) is 9.26. The van der Waals surface area contributed by atoms with Crippen molar-refractivity contribution in [2.45, 2.75) is 25.6 Å². The summed E-state index contributed by atoms with van der Waals surface area (Å²) in [5.74, 6) is -1.04. The average molecular weight is 224 g/mol. The van der Waals surface area contributed by atoms with Crippen LogP contribution in [0, 0.1) is 0 Å². The lowest BCUT2D eigenvalue weighted by molar-refractivity contribution is -0.138. The predicted octanol–water partition coefficient (Wildman–Crippen LogP) is -0.197. The van der Waals surface area contributed by atoms with Crippen molar-refractivity contribution in [2.75, 3.05) is 13.6 Å². The normalized spacial score (nSPS) is 18.9. The summed E-state index contributed by atoms with van der Waals surface area (Å²) in [4.78, 5) is 13.0. The first kappa shape index (κ1) is 11.1. The molecule has 1 unspecified atom stereocenters. The summed E-state index contributed by atoms with van der Waals surface area (Å²) in [6, 6.07) is 0.769. The molecule has 0 aromatic carbocycles. The van der Waals surface area contributed by atoms with Crippen LogP contribution in [-0.2, 0) is 17.9 Å². The number of hydrogen-bond acceptors (Lipinski definition) is 4. The number of hydrogen-bond donors (Lipinski definition) is 2. The van der Waals surface area contributed by atoms with E-state index in [0.717, 1.165) is 31.7 Å². The molecule has 1 aliphatic heterocycles. The van der Waals surface area contributed by atoms with E-state index in [1.54, 1.807) is 6.07 Å². The molecule has 6 heteroatoms. The van der Waals surface area contributed by atoms with Gasteiger partial charge in [-0.05, 0) is 19.5 Å². The lowest BCUT2D eigenvalue weighted by Gasteiger charge is -2.10. The maximum Gasteiger partial charge on any atom is 0.326 e. The highest BCUT2D eigenvalue weighted by molar-refractivity contribution is 5.74. The summed E-state index contributed by atoms with van der Waals surface area (Å²) < 4.78 is 1.86. The zero-order chi connectivity index (χ0) is 11.7. The SMILES string of the molecule is CN1CCCn2nc(C(N)C(=O)O)cc2C1. The number of aryl methyl sites for hydroxylation is 1. The fourth-order valence-electron chi connectivity index (χ4n) is 1.92. The highest BCUT2D eigenvalue weighted by Gasteiger charge is 2.21. The van der Waals surface area contributed by atoms with E-state index in [2.05, 4.69) is 10.00 Å². The number of fused-ring (bicyclic) bond motifs is 1. The standard InChI is InChI=1S/C10H16N4O2/c1-13-3-2-4-14-7(6-13)5-8(12-14)9(11)10(15)16/h5,9H,2-4,6,11H2,1H3,(H,15,16). The van der Waals surface area contributed by atoms with Gasteiger partial charge in [-0.25, -0.2) is 0 Å². The smallest absolute Gasteiger partial charge is 0.326 e. The molecule has 0 saturated heterocycles. The van der Waals surface area contributed by atoms with E-state index in [1.165, 1.54) is 0 Å². The maximum atomic E-state index is 10.8.